The van der Waals surface area contributed by atoms with Crippen LogP contribution in [0.25, 0.3) is 22.4 Å². The average molecular weight is 392 g/mol. The van der Waals surface area contributed by atoms with Gasteiger partial charge in [-0.15, -0.1) is 0 Å². The predicted molar refractivity (Wildman–Crippen MR) is 111 cm³/mol. The van der Waals surface area contributed by atoms with E-state index in [-0.39, 0.29) is 0 Å². The lowest BCUT2D eigenvalue weighted by Crippen LogP contribution is -2.14. The fourth-order valence-corrected chi connectivity index (χ4v) is 5.06. The third-order valence-corrected chi connectivity index (χ3v) is 6.56. The van der Waals surface area contributed by atoms with Crippen LogP contribution in [0.3, 0.4) is 0 Å². The summed E-state index contributed by atoms with van der Waals surface area (Å²) in [5, 5.41) is 4.35. The fourth-order valence-electron chi connectivity index (χ4n) is 4.86. The standard InChI is InChI=1S/C23H22ClN3O/c1-12-6-20(25-10-12)23-26-19-5-2-13-8-18-16-4-3-15(24)7-14(16)11-28-21(18)9-17(13)22(19)27-23/h3-4,7-9,12,20,25H,2,5-6,10-11H2,1H3,(H,26,27)/t12-,20-/m0/s1. The Morgan fingerprint density at radius 2 is 2.00 bits per heavy atom. The first-order valence-corrected chi connectivity index (χ1v) is 10.4. The number of rotatable bonds is 1. The van der Waals surface area contributed by atoms with Crippen LogP contribution in [0.4, 0.5) is 0 Å². The van der Waals surface area contributed by atoms with E-state index in [4.69, 9.17) is 21.3 Å². The Bertz CT molecular complexity index is 1100. The Labute approximate surface area is 169 Å². The SMILES string of the molecule is C[C@@H]1CN[C@H](c2nc3c([nH]2)CCc2cc4c(cc2-3)OCc2cc(Cl)ccc2-4)C1. The van der Waals surface area contributed by atoms with Gasteiger partial charge in [0.2, 0.25) is 0 Å². The first-order valence-electron chi connectivity index (χ1n) is 10.1. The number of aromatic nitrogens is 2. The van der Waals surface area contributed by atoms with Crippen LogP contribution in [0.1, 0.15) is 42.0 Å². The molecule has 6 rings (SSSR count). The summed E-state index contributed by atoms with van der Waals surface area (Å²) in [7, 11) is 0. The predicted octanol–water partition coefficient (Wildman–Crippen LogP) is 5.06. The van der Waals surface area contributed by atoms with E-state index in [1.54, 1.807) is 0 Å². The third kappa shape index (κ3) is 2.51. The molecule has 1 fully saturated rings. The van der Waals surface area contributed by atoms with E-state index in [0.717, 1.165) is 53.7 Å². The van der Waals surface area contributed by atoms with Gasteiger partial charge < -0.3 is 15.0 Å². The Morgan fingerprint density at radius 1 is 1.07 bits per heavy atom. The number of hydrogen-bond donors (Lipinski definition) is 2. The van der Waals surface area contributed by atoms with Crippen molar-refractivity contribution in [3.05, 3.63) is 58.0 Å². The van der Waals surface area contributed by atoms with Gasteiger partial charge in [-0.05, 0) is 72.7 Å². The molecule has 142 valence electrons. The van der Waals surface area contributed by atoms with Gasteiger partial charge in [-0.25, -0.2) is 4.98 Å². The second kappa shape index (κ2) is 6.10. The first kappa shape index (κ1) is 16.6. The summed E-state index contributed by atoms with van der Waals surface area (Å²) in [6.07, 6.45) is 3.17. The lowest BCUT2D eigenvalue weighted by Gasteiger charge is -2.24. The van der Waals surface area contributed by atoms with E-state index < -0.39 is 0 Å². The number of hydrogen-bond acceptors (Lipinski definition) is 3. The molecule has 0 amide bonds. The van der Waals surface area contributed by atoms with Crippen molar-refractivity contribution in [3.8, 4) is 28.1 Å². The van der Waals surface area contributed by atoms with Crippen molar-refractivity contribution in [2.24, 2.45) is 5.92 Å². The van der Waals surface area contributed by atoms with E-state index in [0.29, 0.717) is 18.6 Å². The van der Waals surface area contributed by atoms with Crippen LogP contribution in [-0.2, 0) is 19.4 Å². The van der Waals surface area contributed by atoms with Crippen LogP contribution in [-0.4, -0.2) is 16.5 Å². The van der Waals surface area contributed by atoms with Gasteiger partial charge in [0.05, 0.1) is 11.7 Å². The minimum atomic E-state index is 0.342. The molecule has 1 saturated heterocycles. The van der Waals surface area contributed by atoms with Crippen molar-refractivity contribution >= 4 is 11.6 Å². The molecule has 4 nitrogen and oxygen atoms in total. The van der Waals surface area contributed by atoms with Crippen molar-refractivity contribution < 1.29 is 4.74 Å². The number of aromatic amines is 1. The highest BCUT2D eigenvalue weighted by Gasteiger charge is 2.29. The average Bonchev–Trinajstić information content (AvgIpc) is 3.32. The molecule has 0 unspecified atom stereocenters. The zero-order valence-corrected chi connectivity index (χ0v) is 16.6. The second-order valence-electron chi connectivity index (χ2n) is 8.35. The minimum Gasteiger partial charge on any atom is -0.488 e. The molecule has 3 heterocycles. The highest BCUT2D eigenvalue weighted by Crippen LogP contribution is 2.44. The maximum absolute atomic E-state index is 6.17. The normalized spacial score (nSPS) is 22.1. The Morgan fingerprint density at radius 3 is 2.86 bits per heavy atom. The van der Waals surface area contributed by atoms with Crippen LogP contribution in [0.15, 0.2) is 30.3 Å². The quantitative estimate of drug-likeness (QED) is 0.609. The van der Waals surface area contributed by atoms with Gasteiger partial charge in [0.15, 0.2) is 0 Å². The zero-order valence-electron chi connectivity index (χ0n) is 15.8. The summed E-state index contributed by atoms with van der Waals surface area (Å²) in [5.74, 6) is 2.73. The Kier molecular flexibility index (Phi) is 3.62. The molecule has 0 radical (unpaired) electrons. The van der Waals surface area contributed by atoms with Crippen LogP contribution in [0.5, 0.6) is 5.75 Å². The molecule has 1 aliphatic carbocycles. The summed E-state index contributed by atoms with van der Waals surface area (Å²) in [6, 6.07) is 10.9. The minimum absolute atomic E-state index is 0.342. The van der Waals surface area contributed by atoms with E-state index in [9.17, 15) is 0 Å². The van der Waals surface area contributed by atoms with Gasteiger partial charge in [-0.2, -0.15) is 0 Å². The molecular formula is C23H22ClN3O. The van der Waals surface area contributed by atoms with Crippen LogP contribution in [0.2, 0.25) is 5.02 Å². The largest absolute Gasteiger partial charge is 0.488 e. The van der Waals surface area contributed by atoms with Gasteiger partial charge in [0.1, 0.15) is 18.2 Å². The molecule has 5 heteroatoms. The van der Waals surface area contributed by atoms with Gasteiger partial charge in [0.25, 0.3) is 0 Å². The number of fused-ring (bicyclic) bond motifs is 6. The van der Waals surface area contributed by atoms with Crippen molar-refractivity contribution in [3.63, 3.8) is 0 Å². The number of ether oxygens (including phenoxy) is 1. The number of imidazole rings is 1. The summed E-state index contributed by atoms with van der Waals surface area (Å²) in [4.78, 5) is 8.63. The van der Waals surface area contributed by atoms with Crippen molar-refractivity contribution in [2.45, 2.75) is 38.8 Å². The second-order valence-corrected chi connectivity index (χ2v) is 8.78. The van der Waals surface area contributed by atoms with Crippen molar-refractivity contribution in [2.75, 3.05) is 6.54 Å². The number of H-pyrrole nitrogens is 1. The molecule has 3 aliphatic rings. The number of nitrogens with zero attached hydrogens (tertiary/aromatic N) is 1. The highest BCUT2D eigenvalue weighted by molar-refractivity contribution is 6.30. The summed E-state index contributed by atoms with van der Waals surface area (Å²) >= 11 is 6.17. The third-order valence-electron chi connectivity index (χ3n) is 6.32. The zero-order chi connectivity index (χ0) is 18.8. The smallest absolute Gasteiger partial charge is 0.128 e. The lowest BCUT2D eigenvalue weighted by molar-refractivity contribution is 0.302. The molecular weight excluding hydrogens is 370 g/mol. The molecule has 2 N–H and O–H groups in total. The maximum atomic E-state index is 6.17. The van der Waals surface area contributed by atoms with Crippen LogP contribution >= 0.6 is 11.6 Å². The van der Waals surface area contributed by atoms with Crippen LogP contribution in [0, 0.1) is 5.92 Å². The molecule has 2 aromatic carbocycles. The highest BCUT2D eigenvalue weighted by atomic mass is 35.5. The topological polar surface area (TPSA) is 49.9 Å². The maximum Gasteiger partial charge on any atom is 0.128 e. The van der Waals surface area contributed by atoms with Gasteiger partial charge in [-0.1, -0.05) is 24.6 Å². The van der Waals surface area contributed by atoms with Crippen molar-refractivity contribution in [1.29, 1.82) is 0 Å². The van der Waals surface area contributed by atoms with E-state index in [2.05, 4.69) is 35.4 Å². The Balaban J connectivity index is 1.44. The molecule has 2 aliphatic heterocycles. The van der Waals surface area contributed by atoms with Gasteiger partial charge in [-0.3, -0.25) is 0 Å². The molecule has 28 heavy (non-hydrogen) atoms. The van der Waals surface area contributed by atoms with Crippen molar-refractivity contribution in [1.82, 2.24) is 15.3 Å². The van der Waals surface area contributed by atoms with Gasteiger partial charge >= 0.3 is 0 Å². The van der Waals surface area contributed by atoms with E-state index >= 15 is 0 Å². The van der Waals surface area contributed by atoms with E-state index in [1.165, 1.54) is 27.9 Å². The number of nitrogens with one attached hydrogen (secondary N) is 2. The van der Waals surface area contributed by atoms with E-state index in [1.807, 2.05) is 12.1 Å². The van der Waals surface area contributed by atoms with Crippen LogP contribution < -0.4 is 10.1 Å². The molecule has 3 aromatic rings. The molecule has 2 atom stereocenters. The summed E-state index contributed by atoms with van der Waals surface area (Å²) in [5.41, 5.74) is 8.47. The number of benzene rings is 2. The molecule has 0 spiro atoms. The lowest BCUT2D eigenvalue weighted by atomic mass is 9.87. The Hall–Kier alpha value is -2.30. The first-order chi connectivity index (χ1) is 13.7. The van der Waals surface area contributed by atoms with Gasteiger partial charge in [0, 0.05) is 21.8 Å². The monoisotopic (exact) mass is 391 g/mol. The summed E-state index contributed by atoms with van der Waals surface area (Å²) < 4.78 is 6.10. The molecule has 0 bridgehead atoms. The number of aryl methyl sites for hydroxylation is 2. The molecule has 0 saturated carbocycles. The number of halogens is 1. The summed E-state index contributed by atoms with van der Waals surface area (Å²) in [6.45, 7) is 3.92. The molecule has 1 aromatic heterocycles. The fraction of sp³-hybridized carbons (Fsp3) is 0.348.